The molecule has 2 unspecified atom stereocenters. The Labute approximate surface area is 358 Å². The Morgan fingerprint density at radius 3 is 2.68 bits per heavy atom. The number of aliphatic hydroxyl groups is 2. The van der Waals surface area contributed by atoms with E-state index in [1.54, 1.807) is 12.2 Å². The van der Waals surface area contributed by atoms with Crippen LogP contribution in [0.1, 0.15) is 71.4 Å². The molecule has 4 N–H and O–H groups in total. The molecule has 1 aliphatic heterocycles. The molecule has 312 valence electrons. The second-order valence-corrected chi connectivity index (χ2v) is 18.6. The first kappa shape index (κ1) is 40.5. The summed E-state index contributed by atoms with van der Waals surface area (Å²) in [6.07, 6.45) is 15.4. The number of fused-ring (bicyclic) bond motifs is 4. The smallest absolute Gasteiger partial charge is 0.349 e. The number of allylic oxidation sites excluding steroid dienone is 3. The quantitative estimate of drug-likeness (QED) is 0.0621. The molecule has 1 saturated carbocycles. The van der Waals surface area contributed by atoms with E-state index in [1.165, 1.54) is 44.9 Å². The van der Waals surface area contributed by atoms with Crippen molar-refractivity contribution >= 4 is 45.6 Å². The fourth-order valence-corrected chi connectivity index (χ4v) is 11.6. The van der Waals surface area contributed by atoms with E-state index in [0.717, 1.165) is 99.9 Å². The second kappa shape index (κ2) is 17.6. The lowest BCUT2D eigenvalue weighted by Gasteiger charge is -2.35. The molecule has 1 fully saturated rings. The Kier molecular flexibility index (Phi) is 11.9. The molecule has 60 heavy (non-hydrogen) atoms. The molecule has 9 rings (SSSR count). The maximum Gasteiger partial charge on any atom is 0.349 e. The first-order chi connectivity index (χ1) is 29.3. The number of aryl methyl sites for hydroxylation is 2. The Morgan fingerprint density at radius 2 is 1.87 bits per heavy atom. The Hall–Kier alpha value is -4.92. The third-order valence-corrected chi connectivity index (χ3v) is 15.1. The van der Waals surface area contributed by atoms with Crippen molar-refractivity contribution in [1.29, 1.82) is 0 Å². The molecule has 5 aromatic rings. The van der Waals surface area contributed by atoms with Gasteiger partial charge in [0.15, 0.2) is 0 Å². The van der Waals surface area contributed by atoms with E-state index in [0.29, 0.717) is 21.5 Å². The van der Waals surface area contributed by atoms with Crippen LogP contribution in [0.4, 0.5) is 0 Å². The van der Waals surface area contributed by atoms with Crippen molar-refractivity contribution < 1.29 is 24.5 Å². The lowest BCUT2D eigenvalue weighted by Crippen LogP contribution is -2.42. The molecule has 1 amide bonds. The molecule has 0 spiro atoms. The van der Waals surface area contributed by atoms with Gasteiger partial charge in [0.25, 0.3) is 0 Å². The summed E-state index contributed by atoms with van der Waals surface area (Å²) in [5.41, 5.74) is 6.05. The Bertz CT molecular complexity index is 2430. The molecule has 0 radical (unpaired) electrons. The monoisotopic (exact) mass is 844 g/mol. The first-order valence-corrected chi connectivity index (χ1v) is 23.0. The number of aromatic nitrogens is 3. The molecule has 2 aromatic carbocycles. The topological polar surface area (TPSA) is 142 Å². The first-order valence-electron chi connectivity index (χ1n) is 21.3. The van der Waals surface area contributed by atoms with Gasteiger partial charge in [0.2, 0.25) is 11.5 Å². The average Bonchev–Trinajstić information content (AvgIpc) is 4.12. The van der Waals surface area contributed by atoms with Crippen molar-refractivity contribution in [2.24, 2.45) is 11.8 Å². The molecule has 3 aliphatic carbocycles. The number of amides is 1. The van der Waals surface area contributed by atoms with E-state index in [2.05, 4.69) is 43.6 Å². The molecule has 3 aromatic heterocycles. The number of aliphatic hydroxyl groups excluding tert-OH is 1. The minimum atomic E-state index is -1.85. The molecular weight excluding hydrogens is 793 g/mol. The highest BCUT2D eigenvalue weighted by molar-refractivity contribution is 7.16. The molecule has 3 atom stereocenters. The van der Waals surface area contributed by atoms with Crippen molar-refractivity contribution in [2.75, 3.05) is 20.1 Å². The van der Waals surface area contributed by atoms with E-state index < -0.39 is 11.6 Å². The van der Waals surface area contributed by atoms with Gasteiger partial charge < -0.3 is 30.5 Å². The number of nitrogens with zero attached hydrogens (tertiary/aromatic N) is 4. The van der Waals surface area contributed by atoms with Crippen LogP contribution in [-0.4, -0.2) is 74.3 Å². The highest BCUT2D eigenvalue weighted by Gasteiger charge is 2.45. The maximum atomic E-state index is 13.9. The zero-order valence-corrected chi connectivity index (χ0v) is 35.5. The number of benzene rings is 2. The lowest BCUT2D eigenvalue weighted by atomic mass is 9.81. The molecule has 13 heteroatoms. The van der Waals surface area contributed by atoms with Gasteiger partial charge in [0.1, 0.15) is 17.4 Å². The van der Waals surface area contributed by atoms with Gasteiger partial charge in [-0.3, -0.25) is 4.79 Å². The van der Waals surface area contributed by atoms with E-state index in [1.807, 2.05) is 72.1 Å². The second-order valence-electron chi connectivity index (χ2n) is 16.6. The summed E-state index contributed by atoms with van der Waals surface area (Å²) >= 11 is 2.79. The van der Waals surface area contributed by atoms with Crippen LogP contribution in [-0.2, 0) is 45.9 Å². The zero-order chi connectivity index (χ0) is 41.2. The summed E-state index contributed by atoms with van der Waals surface area (Å²) in [4.78, 5) is 30.3. The van der Waals surface area contributed by atoms with Crippen molar-refractivity contribution in [3.05, 3.63) is 128 Å². The SMILES string of the molecule is CN(CCCn1nnc2cc(CNCCC3C=CC(O)=C4NC(=O)C=CC43)c3c(c21)CCC3)[C@H]1CC[C@H](OC(=O)[C@@](O)(c2cccs2)c2ccc(-c3ccccc3)s2)CC1. The third-order valence-electron chi connectivity index (χ3n) is 12.8. The number of carbonyl (C=O) groups is 2. The minimum absolute atomic E-state index is 0.0190. The number of ether oxygens (including phenoxy) is 1. The fraction of sp³-hybridized carbons (Fsp3) is 0.404. The largest absolute Gasteiger partial charge is 0.506 e. The molecular formula is C47H52N6O5S2. The van der Waals surface area contributed by atoms with Crippen LogP contribution in [0, 0.1) is 11.8 Å². The van der Waals surface area contributed by atoms with Gasteiger partial charge in [0.05, 0.1) is 21.0 Å². The van der Waals surface area contributed by atoms with E-state index in [4.69, 9.17) is 4.74 Å². The Balaban J connectivity index is 0.762. The molecule has 11 nitrogen and oxygen atoms in total. The van der Waals surface area contributed by atoms with Gasteiger partial charge in [-0.05, 0) is 148 Å². The standard InChI is InChI=1S/C47H52N6O5S2/c1-52(33-14-16-34(17-15-33)58-46(56)47(57,41-12-6-27-59-41)42-21-20-40(60-42)31-8-3-2-4-9-31)25-7-26-53-45-37-11-5-10-35(37)32(28-38(45)50-51-53)29-48-24-23-30-13-19-39(54)44-36(30)18-22-43(55)49-44/h2-4,6,8-9,12-13,18-22,27-28,30,33-34,36,48,54,57H,5,7,10-11,14-17,23-26,29H2,1H3,(H,49,55)/t30?,33-,34-,36?,47-/m1/s1. The Morgan fingerprint density at radius 1 is 1.03 bits per heavy atom. The average molecular weight is 845 g/mol. The predicted molar refractivity (Wildman–Crippen MR) is 235 cm³/mol. The number of hydrogen-bond acceptors (Lipinski definition) is 11. The number of thiophene rings is 2. The van der Waals surface area contributed by atoms with E-state index in [9.17, 15) is 19.8 Å². The van der Waals surface area contributed by atoms with Crippen molar-refractivity contribution in [3.8, 4) is 10.4 Å². The number of hydrogen-bond donors (Lipinski definition) is 4. The zero-order valence-electron chi connectivity index (χ0n) is 33.9. The van der Waals surface area contributed by atoms with Gasteiger partial charge in [-0.1, -0.05) is 53.8 Å². The maximum absolute atomic E-state index is 13.9. The molecule has 4 heterocycles. The van der Waals surface area contributed by atoms with Gasteiger partial charge in [-0.25, -0.2) is 9.48 Å². The summed E-state index contributed by atoms with van der Waals surface area (Å²) in [6, 6.07) is 20.1. The third kappa shape index (κ3) is 8.13. The lowest BCUT2D eigenvalue weighted by molar-refractivity contribution is -0.169. The van der Waals surface area contributed by atoms with Gasteiger partial charge in [0, 0.05) is 29.9 Å². The summed E-state index contributed by atoms with van der Waals surface area (Å²) in [5.74, 6) is -0.475. The highest BCUT2D eigenvalue weighted by atomic mass is 32.1. The number of carbonyl (C=O) groups excluding carboxylic acids is 2. The summed E-state index contributed by atoms with van der Waals surface area (Å²) in [6.45, 7) is 3.30. The highest BCUT2D eigenvalue weighted by Crippen LogP contribution is 2.42. The normalized spacial score (nSPS) is 22.2. The van der Waals surface area contributed by atoms with E-state index >= 15 is 0 Å². The van der Waals surface area contributed by atoms with Gasteiger partial charge in [-0.2, -0.15) is 0 Å². The number of rotatable bonds is 15. The predicted octanol–water partition coefficient (Wildman–Crippen LogP) is 7.56. The number of esters is 1. The van der Waals surface area contributed by atoms with Gasteiger partial charge >= 0.3 is 5.97 Å². The molecule has 0 saturated heterocycles. The van der Waals surface area contributed by atoms with Gasteiger partial charge in [-0.15, -0.1) is 27.8 Å². The van der Waals surface area contributed by atoms with Crippen LogP contribution in [0.2, 0.25) is 0 Å². The van der Waals surface area contributed by atoms with Crippen molar-refractivity contribution in [1.82, 2.24) is 30.5 Å². The van der Waals surface area contributed by atoms with Crippen LogP contribution in [0.3, 0.4) is 0 Å². The fourth-order valence-electron chi connectivity index (χ4n) is 9.58. The van der Waals surface area contributed by atoms with Crippen LogP contribution < -0.4 is 10.6 Å². The van der Waals surface area contributed by atoms with Crippen LogP contribution >= 0.6 is 22.7 Å². The number of nitrogens with one attached hydrogen (secondary N) is 2. The van der Waals surface area contributed by atoms with Crippen molar-refractivity contribution in [3.63, 3.8) is 0 Å². The van der Waals surface area contributed by atoms with Crippen LogP contribution in [0.25, 0.3) is 21.5 Å². The van der Waals surface area contributed by atoms with Crippen molar-refractivity contribution in [2.45, 2.75) is 88.6 Å². The summed E-state index contributed by atoms with van der Waals surface area (Å²) in [7, 11) is 2.19. The van der Waals surface area contributed by atoms with E-state index in [-0.39, 0.29) is 29.6 Å². The summed E-state index contributed by atoms with van der Waals surface area (Å²) in [5, 5.41) is 40.0. The molecule has 0 bridgehead atoms. The molecule has 4 aliphatic rings. The minimum Gasteiger partial charge on any atom is -0.506 e. The van der Waals surface area contributed by atoms with Crippen LogP contribution in [0.15, 0.2) is 102 Å². The van der Waals surface area contributed by atoms with Crippen LogP contribution in [0.5, 0.6) is 0 Å². The summed E-state index contributed by atoms with van der Waals surface area (Å²) < 4.78 is 8.24.